The number of fused-ring (bicyclic) bond motifs is 2. The lowest BCUT2D eigenvalue weighted by molar-refractivity contribution is 0.173. The van der Waals surface area contributed by atoms with E-state index < -0.39 is 0 Å². The van der Waals surface area contributed by atoms with Gasteiger partial charge in [-0.3, -0.25) is 4.90 Å². The molecule has 0 bridgehead atoms. The predicted molar refractivity (Wildman–Crippen MR) is 88.4 cm³/mol. The van der Waals surface area contributed by atoms with E-state index in [1.54, 1.807) is 7.11 Å². The van der Waals surface area contributed by atoms with Gasteiger partial charge in [0.25, 0.3) is 0 Å². The maximum atomic E-state index is 6.36. The fraction of sp³-hybridized carbons (Fsp3) is 0.368. The van der Waals surface area contributed by atoms with Crippen molar-refractivity contribution in [3.8, 4) is 28.7 Å². The Bertz CT molecular complexity index is 833. The zero-order valence-corrected chi connectivity index (χ0v) is 13.8. The molecule has 5 rings (SSSR count). The lowest BCUT2D eigenvalue weighted by Crippen LogP contribution is -2.33. The Hall–Kier alpha value is -2.40. The van der Waals surface area contributed by atoms with Crippen LogP contribution in [-0.2, 0) is 12.8 Å². The quantitative estimate of drug-likeness (QED) is 0.804. The molecule has 5 heteroatoms. The minimum Gasteiger partial charge on any atom is -0.493 e. The molecule has 2 aromatic carbocycles. The van der Waals surface area contributed by atoms with E-state index in [9.17, 15) is 0 Å². The van der Waals surface area contributed by atoms with E-state index in [1.165, 1.54) is 11.1 Å². The van der Waals surface area contributed by atoms with Crippen LogP contribution in [0.15, 0.2) is 24.3 Å². The minimum absolute atomic E-state index is 0.269. The second-order valence-electron chi connectivity index (χ2n) is 6.54. The van der Waals surface area contributed by atoms with E-state index in [1.807, 2.05) is 12.1 Å². The zero-order chi connectivity index (χ0) is 16.3. The highest BCUT2D eigenvalue weighted by atomic mass is 16.7. The number of likely N-dealkylation sites (N-methyl/N-ethyl adjacent to an activating group) is 1. The molecule has 3 aliphatic rings. The number of ether oxygens (including phenoxy) is 4. The molecule has 0 saturated carbocycles. The standard InChI is InChI=1S/C19H19NO4/c1-20-6-5-11-3-4-14(21-2)19-18(11)13(20)7-12-8-16-17(23-10-22-16)9-15(12)24-19/h3-4,8-9,13H,5-7,10H2,1-2H3/t13-/m0/s1. The first-order valence-electron chi connectivity index (χ1n) is 8.25. The Morgan fingerprint density at radius 2 is 1.92 bits per heavy atom. The summed E-state index contributed by atoms with van der Waals surface area (Å²) >= 11 is 0. The molecule has 1 atom stereocenters. The fourth-order valence-electron chi connectivity index (χ4n) is 3.94. The summed E-state index contributed by atoms with van der Waals surface area (Å²) in [7, 11) is 3.86. The fourth-order valence-corrected chi connectivity index (χ4v) is 3.94. The van der Waals surface area contributed by atoms with Crippen LogP contribution in [0.25, 0.3) is 0 Å². The molecular formula is C19H19NO4. The van der Waals surface area contributed by atoms with Gasteiger partial charge in [0.2, 0.25) is 6.79 Å². The molecule has 0 amide bonds. The normalized spacial score (nSPS) is 20.7. The summed E-state index contributed by atoms with van der Waals surface area (Å²) in [6.45, 7) is 1.31. The van der Waals surface area contributed by atoms with Crippen molar-refractivity contribution in [1.82, 2.24) is 4.90 Å². The Kier molecular flexibility index (Phi) is 2.94. The SMILES string of the molecule is COc1ccc2c3c1Oc1cc4c(cc1C[C@@H]3N(C)CC2)OCO4. The Morgan fingerprint density at radius 3 is 2.75 bits per heavy atom. The molecule has 0 aromatic heterocycles. The Balaban J connectivity index is 1.73. The van der Waals surface area contributed by atoms with Crippen molar-refractivity contribution in [1.29, 1.82) is 0 Å². The van der Waals surface area contributed by atoms with Crippen molar-refractivity contribution >= 4 is 0 Å². The van der Waals surface area contributed by atoms with Crippen LogP contribution in [0, 0.1) is 0 Å². The van der Waals surface area contributed by atoms with Crippen LogP contribution < -0.4 is 18.9 Å². The van der Waals surface area contributed by atoms with Gasteiger partial charge < -0.3 is 18.9 Å². The van der Waals surface area contributed by atoms with Crippen molar-refractivity contribution in [3.05, 3.63) is 41.0 Å². The first-order valence-corrected chi connectivity index (χ1v) is 8.25. The van der Waals surface area contributed by atoms with Crippen molar-refractivity contribution in [2.24, 2.45) is 0 Å². The van der Waals surface area contributed by atoms with Gasteiger partial charge in [0.15, 0.2) is 23.0 Å². The van der Waals surface area contributed by atoms with Gasteiger partial charge >= 0.3 is 0 Å². The van der Waals surface area contributed by atoms with Crippen molar-refractivity contribution in [3.63, 3.8) is 0 Å². The van der Waals surface area contributed by atoms with Crippen LogP contribution in [0.5, 0.6) is 28.7 Å². The first kappa shape index (κ1) is 14.0. The molecule has 0 unspecified atom stereocenters. The van der Waals surface area contributed by atoms with Crippen molar-refractivity contribution < 1.29 is 18.9 Å². The first-order chi connectivity index (χ1) is 11.7. The smallest absolute Gasteiger partial charge is 0.231 e. The summed E-state index contributed by atoms with van der Waals surface area (Å²) in [5.74, 6) is 3.98. The third kappa shape index (κ3) is 1.91. The molecule has 0 N–H and O–H groups in total. The molecule has 124 valence electrons. The number of methoxy groups -OCH3 is 1. The molecule has 3 heterocycles. The topological polar surface area (TPSA) is 40.2 Å². The third-order valence-electron chi connectivity index (χ3n) is 5.25. The van der Waals surface area contributed by atoms with Crippen molar-refractivity contribution in [2.45, 2.75) is 18.9 Å². The van der Waals surface area contributed by atoms with Gasteiger partial charge in [-0.15, -0.1) is 0 Å². The van der Waals surface area contributed by atoms with Crippen LogP contribution in [0.2, 0.25) is 0 Å². The van der Waals surface area contributed by atoms with Crippen LogP contribution in [0.1, 0.15) is 22.7 Å². The van der Waals surface area contributed by atoms with Gasteiger partial charge in [-0.2, -0.15) is 0 Å². The van der Waals surface area contributed by atoms with Gasteiger partial charge in [-0.1, -0.05) is 6.07 Å². The molecule has 2 aromatic rings. The molecule has 0 fully saturated rings. The van der Waals surface area contributed by atoms with Gasteiger partial charge in [0.1, 0.15) is 5.75 Å². The largest absolute Gasteiger partial charge is 0.493 e. The lowest BCUT2D eigenvalue weighted by Gasteiger charge is -2.34. The highest BCUT2D eigenvalue weighted by Gasteiger charge is 2.34. The highest BCUT2D eigenvalue weighted by molar-refractivity contribution is 5.60. The van der Waals surface area contributed by atoms with E-state index in [2.05, 4.69) is 24.1 Å². The monoisotopic (exact) mass is 325 g/mol. The van der Waals surface area contributed by atoms with E-state index >= 15 is 0 Å². The summed E-state index contributed by atoms with van der Waals surface area (Å²) in [6, 6.07) is 8.45. The summed E-state index contributed by atoms with van der Waals surface area (Å²) < 4.78 is 23.0. The third-order valence-corrected chi connectivity index (χ3v) is 5.25. The molecule has 5 nitrogen and oxygen atoms in total. The maximum Gasteiger partial charge on any atom is 0.231 e. The Labute approximate surface area is 140 Å². The van der Waals surface area contributed by atoms with E-state index in [0.717, 1.165) is 53.7 Å². The maximum absolute atomic E-state index is 6.36. The number of nitrogens with zero attached hydrogens (tertiary/aromatic N) is 1. The molecule has 0 spiro atoms. The number of rotatable bonds is 1. The molecular weight excluding hydrogens is 306 g/mol. The average molecular weight is 325 g/mol. The molecule has 0 saturated heterocycles. The second-order valence-corrected chi connectivity index (χ2v) is 6.54. The molecule has 3 aliphatic heterocycles. The van der Waals surface area contributed by atoms with Gasteiger partial charge in [-0.05, 0) is 37.6 Å². The van der Waals surface area contributed by atoms with E-state index in [4.69, 9.17) is 18.9 Å². The molecule has 0 radical (unpaired) electrons. The zero-order valence-electron chi connectivity index (χ0n) is 13.8. The van der Waals surface area contributed by atoms with Crippen LogP contribution >= 0.6 is 0 Å². The summed E-state index contributed by atoms with van der Waals surface area (Å²) in [5.41, 5.74) is 3.74. The molecule has 24 heavy (non-hydrogen) atoms. The minimum atomic E-state index is 0.269. The van der Waals surface area contributed by atoms with Crippen LogP contribution in [0.3, 0.4) is 0 Å². The van der Waals surface area contributed by atoms with E-state index in [-0.39, 0.29) is 12.8 Å². The van der Waals surface area contributed by atoms with Crippen LogP contribution in [0.4, 0.5) is 0 Å². The highest BCUT2D eigenvalue weighted by Crippen LogP contribution is 2.50. The Morgan fingerprint density at radius 1 is 1.08 bits per heavy atom. The average Bonchev–Trinajstić information content (AvgIpc) is 2.97. The number of hydrogen-bond acceptors (Lipinski definition) is 5. The summed E-state index contributed by atoms with van der Waals surface area (Å²) in [5, 5.41) is 0. The second kappa shape index (κ2) is 5.05. The summed E-state index contributed by atoms with van der Waals surface area (Å²) in [6.07, 6.45) is 1.91. The van der Waals surface area contributed by atoms with E-state index in [0.29, 0.717) is 0 Å². The molecule has 0 aliphatic carbocycles. The lowest BCUT2D eigenvalue weighted by atomic mass is 9.88. The van der Waals surface area contributed by atoms with Crippen molar-refractivity contribution in [2.75, 3.05) is 27.5 Å². The van der Waals surface area contributed by atoms with Gasteiger partial charge in [-0.25, -0.2) is 0 Å². The van der Waals surface area contributed by atoms with Gasteiger partial charge in [0, 0.05) is 29.8 Å². The van der Waals surface area contributed by atoms with Gasteiger partial charge in [0.05, 0.1) is 7.11 Å². The predicted octanol–water partition coefficient (Wildman–Crippen LogP) is 3.30. The number of hydrogen-bond donors (Lipinski definition) is 0. The summed E-state index contributed by atoms with van der Waals surface area (Å²) in [4.78, 5) is 2.40. The van der Waals surface area contributed by atoms with Crippen LogP contribution in [-0.4, -0.2) is 32.4 Å². The number of benzene rings is 2.